The number of halogens is 1. The molecule has 3 heterocycles. The maximum Gasteiger partial charge on any atom is 0.306 e. The van der Waals surface area contributed by atoms with Crippen LogP contribution in [-0.2, 0) is 6.54 Å². The molecule has 0 saturated carbocycles. The van der Waals surface area contributed by atoms with Crippen molar-refractivity contribution in [3.63, 3.8) is 0 Å². The van der Waals surface area contributed by atoms with Crippen molar-refractivity contribution in [2.45, 2.75) is 25.4 Å². The van der Waals surface area contributed by atoms with Gasteiger partial charge in [0.05, 0.1) is 16.5 Å². The van der Waals surface area contributed by atoms with Crippen LogP contribution in [0.25, 0.3) is 0 Å². The predicted octanol–water partition coefficient (Wildman–Crippen LogP) is 2.30. The third-order valence-electron chi connectivity index (χ3n) is 4.34. The average molecular weight is 505 g/mol. The number of piperidine rings is 1. The van der Waals surface area contributed by atoms with Crippen molar-refractivity contribution < 1.29 is 4.92 Å². The third-order valence-corrected chi connectivity index (χ3v) is 5.27. The highest BCUT2D eigenvalue weighted by Crippen LogP contribution is 2.24. The van der Waals surface area contributed by atoms with Crippen LogP contribution in [0.5, 0.6) is 0 Å². The van der Waals surface area contributed by atoms with Gasteiger partial charge < -0.3 is 15.5 Å². The van der Waals surface area contributed by atoms with E-state index in [9.17, 15) is 10.1 Å². The summed E-state index contributed by atoms with van der Waals surface area (Å²) in [4.78, 5) is 16.9. The Kier molecular flexibility index (Phi) is 8.28. The normalized spacial score (nSPS) is 15.3. The van der Waals surface area contributed by atoms with Crippen LogP contribution in [0.4, 0.5) is 10.7 Å². The van der Waals surface area contributed by atoms with Crippen LogP contribution >= 0.6 is 35.3 Å². The van der Waals surface area contributed by atoms with Crippen LogP contribution in [-0.4, -0.2) is 53.4 Å². The van der Waals surface area contributed by atoms with Gasteiger partial charge in [-0.15, -0.1) is 35.3 Å². The summed E-state index contributed by atoms with van der Waals surface area (Å²) in [5.41, 5.74) is 0.00464. The smallest absolute Gasteiger partial charge is 0.306 e. The minimum absolute atomic E-state index is 0. The molecule has 1 aliphatic heterocycles. The van der Waals surface area contributed by atoms with E-state index >= 15 is 0 Å². The van der Waals surface area contributed by atoms with E-state index < -0.39 is 4.92 Å². The van der Waals surface area contributed by atoms with Crippen molar-refractivity contribution in [3.8, 4) is 0 Å². The van der Waals surface area contributed by atoms with Crippen LogP contribution < -0.4 is 15.5 Å². The Morgan fingerprint density at radius 3 is 2.85 bits per heavy atom. The van der Waals surface area contributed by atoms with Crippen LogP contribution in [0.2, 0.25) is 0 Å². The fraction of sp³-hybridized carbons (Fsp3) is 0.500. The standard InChI is InChI=1S/C16H23N7O2S.HI/c1-17-16(18-6-9-22-12-14(11-19-22)23(24)25)20-13-4-7-21(8-5-13)15-3-2-10-26-15;/h2-3,10-13H,4-9H2,1H3,(H2,17,18,20);1H. The number of aromatic nitrogens is 2. The van der Waals surface area contributed by atoms with Crippen LogP contribution in [0.3, 0.4) is 0 Å². The lowest BCUT2D eigenvalue weighted by atomic mass is 10.1. The van der Waals surface area contributed by atoms with E-state index in [1.807, 2.05) is 0 Å². The van der Waals surface area contributed by atoms with Gasteiger partial charge in [0.25, 0.3) is 0 Å². The first-order valence-electron chi connectivity index (χ1n) is 8.58. The number of nitrogens with zero attached hydrogens (tertiary/aromatic N) is 5. The van der Waals surface area contributed by atoms with Crippen molar-refractivity contribution in [1.82, 2.24) is 20.4 Å². The monoisotopic (exact) mass is 505 g/mol. The molecule has 0 bridgehead atoms. The summed E-state index contributed by atoms with van der Waals surface area (Å²) in [7, 11) is 1.74. The number of nitrogens with one attached hydrogen (secondary N) is 2. The van der Waals surface area contributed by atoms with E-state index in [4.69, 9.17) is 0 Å². The maximum absolute atomic E-state index is 10.7. The van der Waals surface area contributed by atoms with Gasteiger partial charge in [0.2, 0.25) is 0 Å². The van der Waals surface area contributed by atoms with Crippen molar-refractivity contribution in [2.75, 3.05) is 31.6 Å². The van der Waals surface area contributed by atoms with Gasteiger partial charge in [0.15, 0.2) is 5.96 Å². The van der Waals surface area contributed by atoms with Crippen molar-refractivity contribution >= 4 is 52.0 Å². The SMILES string of the molecule is CN=C(NCCn1cc([N+](=O)[O-])cn1)NC1CCN(c2cccs2)CC1.I. The van der Waals surface area contributed by atoms with Crippen LogP contribution in [0.15, 0.2) is 34.9 Å². The van der Waals surface area contributed by atoms with E-state index in [0.717, 1.165) is 31.9 Å². The molecular formula is C16H24IN7O2S. The topological polar surface area (TPSA) is 101 Å². The van der Waals surface area contributed by atoms with Gasteiger partial charge in [-0.2, -0.15) is 5.10 Å². The zero-order valence-electron chi connectivity index (χ0n) is 15.1. The molecule has 2 aromatic heterocycles. The number of hydrogen-bond donors (Lipinski definition) is 2. The van der Waals surface area contributed by atoms with Gasteiger partial charge in [-0.3, -0.25) is 19.8 Å². The van der Waals surface area contributed by atoms with Crippen molar-refractivity contribution in [1.29, 1.82) is 0 Å². The highest BCUT2D eigenvalue weighted by Gasteiger charge is 2.20. The van der Waals surface area contributed by atoms with E-state index in [2.05, 4.69) is 43.1 Å². The molecule has 2 aromatic rings. The lowest BCUT2D eigenvalue weighted by molar-refractivity contribution is -0.385. The second-order valence-electron chi connectivity index (χ2n) is 6.07. The minimum atomic E-state index is -0.444. The number of anilines is 1. The molecule has 1 fully saturated rings. The van der Waals surface area contributed by atoms with Crippen molar-refractivity contribution in [2.24, 2.45) is 4.99 Å². The lowest BCUT2D eigenvalue weighted by Gasteiger charge is -2.33. The Morgan fingerprint density at radius 2 is 2.26 bits per heavy atom. The number of guanidine groups is 1. The maximum atomic E-state index is 10.7. The minimum Gasteiger partial charge on any atom is -0.363 e. The molecule has 0 radical (unpaired) electrons. The average Bonchev–Trinajstić information content (AvgIpc) is 3.33. The number of nitro groups is 1. The molecule has 1 aliphatic rings. The second-order valence-corrected chi connectivity index (χ2v) is 7.00. The zero-order valence-corrected chi connectivity index (χ0v) is 18.2. The molecule has 3 rings (SSSR count). The lowest BCUT2D eigenvalue weighted by Crippen LogP contribution is -2.49. The van der Waals surface area contributed by atoms with Gasteiger partial charge in [-0.1, -0.05) is 0 Å². The highest BCUT2D eigenvalue weighted by atomic mass is 127. The molecule has 0 atom stereocenters. The first-order chi connectivity index (χ1) is 12.7. The summed E-state index contributed by atoms with van der Waals surface area (Å²) >= 11 is 1.78. The van der Waals surface area contributed by atoms with E-state index in [0.29, 0.717) is 19.1 Å². The Labute approximate surface area is 179 Å². The Bertz CT molecular complexity index is 742. The largest absolute Gasteiger partial charge is 0.363 e. The molecule has 2 N–H and O–H groups in total. The predicted molar refractivity (Wildman–Crippen MR) is 118 cm³/mol. The molecule has 0 unspecified atom stereocenters. The summed E-state index contributed by atoms with van der Waals surface area (Å²) in [5.74, 6) is 0.751. The summed E-state index contributed by atoms with van der Waals surface area (Å²) in [6.07, 6.45) is 4.81. The quantitative estimate of drug-likeness (QED) is 0.206. The molecule has 1 saturated heterocycles. The summed E-state index contributed by atoms with van der Waals surface area (Å²) in [6.45, 7) is 3.19. The number of rotatable bonds is 6. The summed E-state index contributed by atoms with van der Waals surface area (Å²) in [6, 6.07) is 4.64. The number of hydrogen-bond acceptors (Lipinski definition) is 6. The molecule has 27 heavy (non-hydrogen) atoms. The molecule has 9 nitrogen and oxygen atoms in total. The molecule has 0 aromatic carbocycles. The molecular weight excluding hydrogens is 481 g/mol. The fourth-order valence-electron chi connectivity index (χ4n) is 2.94. The first-order valence-corrected chi connectivity index (χ1v) is 9.46. The van der Waals surface area contributed by atoms with Gasteiger partial charge in [-0.05, 0) is 30.4 Å². The Hall–Kier alpha value is -1.89. The second kappa shape index (κ2) is 10.4. The summed E-state index contributed by atoms with van der Waals surface area (Å²) in [5, 5.41) is 24.8. The van der Waals surface area contributed by atoms with E-state index in [1.165, 1.54) is 17.4 Å². The van der Waals surface area contributed by atoms with Gasteiger partial charge in [0.1, 0.15) is 12.4 Å². The van der Waals surface area contributed by atoms with Crippen molar-refractivity contribution in [3.05, 3.63) is 40.0 Å². The van der Waals surface area contributed by atoms with Crippen LogP contribution in [0.1, 0.15) is 12.8 Å². The summed E-state index contributed by atoms with van der Waals surface area (Å²) < 4.78 is 1.55. The Balaban J connectivity index is 0.00000261. The van der Waals surface area contributed by atoms with Crippen LogP contribution in [0, 0.1) is 10.1 Å². The molecule has 148 valence electrons. The highest BCUT2D eigenvalue weighted by molar-refractivity contribution is 14.0. The van der Waals surface area contributed by atoms with Gasteiger partial charge in [0, 0.05) is 32.7 Å². The Morgan fingerprint density at radius 1 is 1.48 bits per heavy atom. The molecule has 0 spiro atoms. The number of thiophene rings is 1. The molecule has 0 aliphatic carbocycles. The van der Waals surface area contributed by atoms with E-state index in [1.54, 1.807) is 23.1 Å². The van der Waals surface area contributed by atoms with E-state index in [-0.39, 0.29) is 29.7 Å². The molecule has 11 heteroatoms. The first kappa shape index (κ1) is 21.4. The zero-order chi connectivity index (χ0) is 18.4. The van der Waals surface area contributed by atoms with Gasteiger partial charge in [-0.25, -0.2) is 0 Å². The van der Waals surface area contributed by atoms with Gasteiger partial charge >= 0.3 is 5.69 Å². The fourth-order valence-corrected chi connectivity index (χ4v) is 3.73. The third kappa shape index (κ3) is 6.06. The molecule has 0 amide bonds. The number of aliphatic imine (C=N–C) groups is 1.